The van der Waals surface area contributed by atoms with Crippen LogP contribution in [-0.2, 0) is 4.79 Å². The topological polar surface area (TPSA) is 85.9 Å². The summed E-state index contributed by atoms with van der Waals surface area (Å²) < 4.78 is 16.6. The van der Waals surface area contributed by atoms with Crippen LogP contribution in [0, 0.1) is 5.92 Å². The number of fused-ring (bicyclic) bond motifs is 1. The van der Waals surface area contributed by atoms with Gasteiger partial charge in [0.25, 0.3) is 11.8 Å². The van der Waals surface area contributed by atoms with Crippen molar-refractivity contribution in [2.45, 2.75) is 20.3 Å². The Morgan fingerprint density at radius 2 is 1.83 bits per heavy atom. The second-order valence-electron chi connectivity index (χ2n) is 7.30. The first kappa shape index (κ1) is 21.2. The van der Waals surface area contributed by atoms with Crippen LogP contribution in [0.2, 0.25) is 0 Å². The largest absolute Gasteiger partial charge is 0.493 e. The molecule has 0 saturated carbocycles. The highest BCUT2D eigenvalue weighted by Gasteiger charge is 2.18. The van der Waals surface area contributed by atoms with E-state index in [2.05, 4.69) is 24.7 Å². The van der Waals surface area contributed by atoms with Crippen molar-refractivity contribution in [1.29, 1.82) is 0 Å². The van der Waals surface area contributed by atoms with E-state index in [1.165, 1.54) is 7.11 Å². The number of carbonyl (C=O) groups is 2. The Hall–Kier alpha value is -3.48. The first-order valence-corrected chi connectivity index (χ1v) is 9.82. The number of hydrogen-bond acceptors (Lipinski definition) is 5. The Morgan fingerprint density at radius 1 is 1.07 bits per heavy atom. The maximum absolute atomic E-state index is 12.4. The third-order valence-corrected chi connectivity index (χ3v) is 4.59. The second kappa shape index (κ2) is 9.82. The van der Waals surface area contributed by atoms with Crippen LogP contribution in [0.5, 0.6) is 17.2 Å². The van der Waals surface area contributed by atoms with Crippen molar-refractivity contribution in [2.75, 3.05) is 20.3 Å². The standard InChI is InChI=1S/C23H26N2O5/c1-15(2)10-11-29-20-9-8-17(13-21(20)28-3)22(26)24-25-23(27)18-12-16-6-4-5-7-19(16)30-14-18/h4-9,12-13,15H,10-11,14H2,1-3H3,(H,24,26)(H,25,27). The number of amides is 2. The van der Waals surface area contributed by atoms with Crippen LogP contribution >= 0.6 is 0 Å². The van der Waals surface area contributed by atoms with Crippen molar-refractivity contribution in [1.82, 2.24) is 10.9 Å². The molecule has 0 atom stereocenters. The van der Waals surface area contributed by atoms with E-state index in [4.69, 9.17) is 14.2 Å². The number of rotatable bonds is 7. The van der Waals surface area contributed by atoms with Crippen molar-refractivity contribution in [3.05, 3.63) is 59.2 Å². The molecule has 7 nitrogen and oxygen atoms in total. The molecule has 0 saturated heterocycles. The fourth-order valence-corrected chi connectivity index (χ4v) is 2.85. The molecular weight excluding hydrogens is 384 g/mol. The monoisotopic (exact) mass is 410 g/mol. The van der Waals surface area contributed by atoms with Gasteiger partial charge in [0, 0.05) is 11.1 Å². The predicted octanol–water partition coefficient (Wildman–Crippen LogP) is 3.36. The van der Waals surface area contributed by atoms with E-state index in [1.807, 2.05) is 24.3 Å². The van der Waals surface area contributed by atoms with Gasteiger partial charge in [0.05, 0.1) is 19.3 Å². The van der Waals surface area contributed by atoms with Crippen LogP contribution in [0.25, 0.3) is 6.08 Å². The molecule has 30 heavy (non-hydrogen) atoms. The molecule has 0 radical (unpaired) electrons. The van der Waals surface area contributed by atoms with Gasteiger partial charge in [0.15, 0.2) is 11.5 Å². The summed E-state index contributed by atoms with van der Waals surface area (Å²) in [4.78, 5) is 24.8. The minimum absolute atomic E-state index is 0.134. The molecule has 0 unspecified atom stereocenters. The molecule has 158 valence electrons. The highest BCUT2D eigenvalue weighted by Crippen LogP contribution is 2.28. The first-order valence-electron chi connectivity index (χ1n) is 9.82. The molecular formula is C23H26N2O5. The van der Waals surface area contributed by atoms with E-state index >= 15 is 0 Å². The number of hydrogen-bond donors (Lipinski definition) is 2. The lowest BCUT2D eigenvalue weighted by Gasteiger charge is -2.17. The SMILES string of the molecule is COc1cc(C(=O)NNC(=O)C2=Cc3ccccc3OC2)ccc1OCCC(C)C. The van der Waals surface area contributed by atoms with E-state index in [9.17, 15) is 9.59 Å². The van der Waals surface area contributed by atoms with Crippen LogP contribution in [0.3, 0.4) is 0 Å². The lowest BCUT2D eigenvalue weighted by atomic mass is 10.1. The molecule has 7 heteroatoms. The van der Waals surface area contributed by atoms with Crippen LogP contribution in [0.15, 0.2) is 48.0 Å². The fraction of sp³-hybridized carbons (Fsp3) is 0.304. The molecule has 2 N–H and O–H groups in total. The summed E-state index contributed by atoms with van der Waals surface area (Å²) >= 11 is 0. The molecule has 0 aromatic heterocycles. The molecule has 0 aliphatic carbocycles. The molecule has 3 rings (SSSR count). The molecule has 1 heterocycles. The van der Waals surface area contributed by atoms with Crippen LogP contribution < -0.4 is 25.1 Å². The van der Waals surface area contributed by atoms with Gasteiger partial charge in [0.2, 0.25) is 0 Å². The van der Waals surface area contributed by atoms with Gasteiger partial charge in [-0.25, -0.2) is 0 Å². The third kappa shape index (κ3) is 5.31. The molecule has 0 spiro atoms. The average molecular weight is 410 g/mol. The summed E-state index contributed by atoms with van der Waals surface area (Å²) in [6, 6.07) is 12.3. The molecule has 1 aliphatic heterocycles. The average Bonchev–Trinajstić information content (AvgIpc) is 2.76. The van der Waals surface area contributed by atoms with Gasteiger partial charge < -0.3 is 14.2 Å². The predicted molar refractivity (Wildman–Crippen MR) is 113 cm³/mol. The van der Waals surface area contributed by atoms with E-state index in [-0.39, 0.29) is 6.61 Å². The van der Waals surface area contributed by atoms with E-state index in [0.29, 0.717) is 35.2 Å². The Kier molecular flexibility index (Phi) is 6.95. The lowest BCUT2D eigenvalue weighted by molar-refractivity contribution is -0.118. The van der Waals surface area contributed by atoms with Gasteiger partial charge in [-0.15, -0.1) is 0 Å². The van der Waals surface area contributed by atoms with Gasteiger partial charge in [-0.1, -0.05) is 32.0 Å². The summed E-state index contributed by atoms with van der Waals surface area (Å²) in [6.45, 7) is 4.94. The Balaban J connectivity index is 1.59. The smallest absolute Gasteiger partial charge is 0.269 e. The Bertz CT molecular complexity index is 952. The Morgan fingerprint density at radius 3 is 2.60 bits per heavy atom. The molecule has 2 aromatic rings. The van der Waals surface area contributed by atoms with E-state index < -0.39 is 11.8 Å². The fourth-order valence-electron chi connectivity index (χ4n) is 2.85. The quantitative estimate of drug-likeness (QED) is 0.684. The van der Waals surface area contributed by atoms with Crippen molar-refractivity contribution in [3.63, 3.8) is 0 Å². The number of ether oxygens (including phenoxy) is 3. The van der Waals surface area contributed by atoms with Crippen LogP contribution in [0.1, 0.15) is 36.2 Å². The van der Waals surface area contributed by atoms with Crippen molar-refractivity contribution in [3.8, 4) is 17.2 Å². The third-order valence-electron chi connectivity index (χ3n) is 4.59. The number of benzene rings is 2. The summed E-state index contributed by atoms with van der Waals surface area (Å²) in [5.41, 5.74) is 6.41. The summed E-state index contributed by atoms with van der Waals surface area (Å²) in [5.74, 6) is 1.38. The molecule has 1 aliphatic rings. The normalized spacial score (nSPS) is 12.3. The van der Waals surface area contributed by atoms with Gasteiger partial charge in [-0.3, -0.25) is 20.4 Å². The number of carbonyl (C=O) groups excluding carboxylic acids is 2. The summed E-state index contributed by atoms with van der Waals surface area (Å²) in [7, 11) is 1.52. The van der Waals surface area contributed by atoms with Crippen molar-refractivity contribution >= 4 is 17.9 Å². The van der Waals surface area contributed by atoms with E-state index in [0.717, 1.165) is 17.7 Å². The maximum atomic E-state index is 12.4. The molecule has 0 fully saturated rings. The maximum Gasteiger partial charge on any atom is 0.269 e. The van der Waals surface area contributed by atoms with Gasteiger partial charge in [-0.05, 0) is 42.7 Å². The minimum atomic E-state index is -0.465. The highest BCUT2D eigenvalue weighted by atomic mass is 16.5. The lowest BCUT2D eigenvalue weighted by Crippen LogP contribution is -2.43. The van der Waals surface area contributed by atoms with Crippen molar-refractivity contribution < 1.29 is 23.8 Å². The zero-order valence-corrected chi connectivity index (χ0v) is 17.4. The number of nitrogens with one attached hydrogen (secondary N) is 2. The minimum Gasteiger partial charge on any atom is -0.493 e. The van der Waals surface area contributed by atoms with Gasteiger partial charge in [0.1, 0.15) is 12.4 Å². The van der Waals surface area contributed by atoms with Crippen molar-refractivity contribution in [2.24, 2.45) is 5.92 Å². The highest BCUT2D eigenvalue weighted by molar-refractivity contribution is 6.02. The van der Waals surface area contributed by atoms with Gasteiger partial charge >= 0.3 is 0 Å². The summed E-state index contributed by atoms with van der Waals surface area (Å²) in [5, 5.41) is 0. The zero-order chi connectivity index (χ0) is 21.5. The molecule has 2 amide bonds. The summed E-state index contributed by atoms with van der Waals surface area (Å²) in [6.07, 6.45) is 2.66. The number of para-hydroxylation sites is 1. The zero-order valence-electron chi connectivity index (χ0n) is 17.4. The van der Waals surface area contributed by atoms with Gasteiger partial charge in [-0.2, -0.15) is 0 Å². The number of hydrazine groups is 1. The van der Waals surface area contributed by atoms with E-state index in [1.54, 1.807) is 24.3 Å². The van der Waals surface area contributed by atoms with Crippen LogP contribution in [-0.4, -0.2) is 32.1 Å². The second-order valence-corrected chi connectivity index (χ2v) is 7.30. The van der Waals surface area contributed by atoms with Crippen LogP contribution in [0.4, 0.5) is 0 Å². The molecule has 2 aromatic carbocycles. The Labute approximate surface area is 176 Å². The number of methoxy groups -OCH3 is 1. The first-order chi connectivity index (χ1) is 14.5. The molecule has 0 bridgehead atoms.